The Morgan fingerprint density at radius 2 is 2.35 bits per heavy atom. The van der Waals surface area contributed by atoms with Crippen LogP contribution >= 0.6 is 22.9 Å². The maximum Gasteiger partial charge on any atom is 0.270 e. The van der Waals surface area contributed by atoms with Gasteiger partial charge in [0.15, 0.2) is 0 Å². The van der Waals surface area contributed by atoms with Crippen LogP contribution in [0.15, 0.2) is 29.8 Å². The number of aromatic nitrogens is 1. The van der Waals surface area contributed by atoms with E-state index in [4.69, 9.17) is 11.6 Å². The molecule has 1 aromatic heterocycles. The predicted octanol–water partition coefficient (Wildman–Crippen LogP) is 3.95. The minimum atomic E-state index is -0.451. The maximum atomic E-state index is 10.7. The van der Waals surface area contributed by atoms with E-state index in [0.717, 1.165) is 17.0 Å². The van der Waals surface area contributed by atoms with E-state index >= 15 is 0 Å². The first kappa shape index (κ1) is 14.9. The topological polar surface area (TPSA) is 68.1 Å². The average molecular weight is 312 g/mol. The Kier molecular flexibility index (Phi) is 5.05. The van der Waals surface area contributed by atoms with Crippen LogP contribution in [0.5, 0.6) is 0 Å². The summed E-state index contributed by atoms with van der Waals surface area (Å²) in [5, 5.41) is 17.4. The zero-order valence-corrected chi connectivity index (χ0v) is 12.4. The number of nitro benzene ring substituents is 1. The molecule has 7 heteroatoms. The number of nitrogens with zero attached hydrogens (tertiary/aromatic N) is 2. The van der Waals surface area contributed by atoms with Crippen LogP contribution in [0.3, 0.4) is 0 Å². The van der Waals surface area contributed by atoms with Gasteiger partial charge in [-0.25, -0.2) is 4.98 Å². The third-order valence-electron chi connectivity index (χ3n) is 2.94. The fourth-order valence-electron chi connectivity index (χ4n) is 1.84. The molecule has 106 valence electrons. The first-order valence-corrected chi connectivity index (χ1v) is 7.43. The number of hydrogen-bond donors (Lipinski definition) is 1. The van der Waals surface area contributed by atoms with E-state index in [1.165, 1.54) is 12.1 Å². The summed E-state index contributed by atoms with van der Waals surface area (Å²) in [4.78, 5) is 14.5. The molecule has 1 unspecified atom stereocenters. The summed E-state index contributed by atoms with van der Waals surface area (Å²) in [5.74, 6) is 0. The van der Waals surface area contributed by atoms with Crippen LogP contribution in [0.4, 0.5) is 5.69 Å². The highest BCUT2D eigenvalue weighted by Gasteiger charge is 2.13. The Hall–Kier alpha value is -1.50. The lowest BCUT2D eigenvalue weighted by molar-refractivity contribution is -0.384. The highest BCUT2D eigenvalue weighted by molar-refractivity contribution is 7.09. The molecular weight excluding hydrogens is 298 g/mol. The molecule has 0 aliphatic heterocycles. The van der Waals surface area contributed by atoms with Crippen molar-refractivity contribution in [3.05, 3.63) is 55.5 Å². The maximum absolute atomic E-state index is 10.7. The molecule has 1 N–H and O–H groups in total. The number of nitrogens with one attached hydrogen (secondary N) is 1. The molecule has 5 nitrogen and oxygen atoms in total. The van der Waals surface area contributed by atoms with Crippen molar-refractivity contribution in [2.75, 3.05) is 0 Å². The summed E-state index contributed by atoms with van der Waals surface area (Å²) in [6, 6.07) is 4.69. The monoisotopic (exact) mass is 311 g/mol. The number of rotatable bonds is 6. The van der Waals surface area contributed by atoms with Crippen molar-refractivity contribution in [1.82, 2.24) is 10.3 Å². The van der Waals surface area contributed by atoms with Gasteiger partial charge in [-0.05, 0) is 18.1 Å². The molecule has 0 radical (unpaired) electrons. The normalized spacial score (nSPS) is 12.3. The second-order valence-corrected chi connectivity index (χ2v) is 5.58. The van der Waals surface area contributed by atoms with Gasteiger partial charge in [0, 0.05) is 30.3 Å². The van der Waals surface area contributed by atoms with Gasteiger partial charge >= 0.3 is 0 Å². The summed E-state index contributed by atoms with van der Waals surface area (Å²) in [6.07, 6.45) is 2.70. The molecule has 0 aliphatic carbocycles. The van der Waals surface area contributed by atoms with Crippen LogP contribution < -0.4 is 5.32 Å². The van der Waals surface area contributed by atoms with Gasteiger partial charge in [-0.3, -0.25) is 10.1 Å². The van der Waals surface area contributed by atoms with Crippen molar-refractivity contribution in [3.8, 4) is 0 Å². The summed E-state index contributed by atoms with van der Waals surface area (Å²) in [5.41, 5.74) is 0.845. The number of thiazole rings is 1. The van der Waals surface area contributed by atoms with Gasteiger partial charge in [0.1, 0.15) is 5.01 Å². The molecule has 0 saturated heterocycles. The highest BCUT2D eigenvalue weighted by atomic mass is 35.5. The Labute approximate surface area is 125 Å². The summed E-state index contributed by atoms with van der Waals surface area (Å²) in [7, 11) is 0. The minimum Gasteiger partial charge on any atom is -0.304 e. The zero-order chi connectivity index (χ0) is 14.5. The van der Waals surface area contributed by atoms with Crippen molar-refractivity contribution < 1.29 is 4.92 Å². The van der Waals surface area contributed by atoms with E-state index in [1.54, 1.807) is 23.6 Å². The quantitative estimate of drug-likeness (QED) is 0.648. The highest BCUT2D eigenvalue weighted by Crippen LogP contribution is 2.24. The molecule has 2 rings (SSSR count). The summed E-state index contributed by atoms with van der Waals surface area (Å²) >= 11 is 7.67. The molecule has 0 spiro atoms. The number of non-ortho nitro benzene ring substituents is 1. The second-order valence-electron chi connectivity index (χ2n) is 4.24. The van der Waals surface area contributed by atoms with Crippen LogP contribution in [0, 0.1) is 10.1 Å². The van der Waals surface area contributed by atoms with Gasteiger partial charge in [-0.1, -0.05) is 18.5 Å². The van der Waals surface area contributed by atoms with E-state index < -0.39 is 4.92 Å². The molecule has 20 heavy (non-hydrogen) atoms. The van der Waals surface area contributed by atoms with Gasteiger partial charge in [0.2, 0.25) is 0 Å². The zero-order valence-electron chi connectivity index (χ0n) is 10.9. The Balaban J connectivity index is 2.05. The Morgan fingerprint density at radius 1 is 1.55 bits per heavy atom. The van der Waals surface area contributed by atoms with Gasteiger partial charge in [-0.2, -0.15) is 0 Å². The molecule has 0 amide bonds. The SMILES string of the molecule is CCC(NCc1ccc([N+](=O)[O-])cc1Cl)c1nccs1. The van der Waals surface area contributed by atoms with Crippen molar-refractivity contribution in [2.24, 2.45) is 0 Å². The molecule has 0 aliphatic rings. The molecule has 1 heterocycles. The number of benzene rings is 1. The van der Waals surface area contributed by atoms with Crippen LogP contribution in [0.1, 0.15) is 30.0 Å². The number of halogens is 1. The first-order chi connectivity index (χ1) is 9.61. The van der Waals surface area contributed by atoms with E-state index in [-0.39, 0.29) is 11.7 Å². The van der Waals surface area contributed by atoms with Crippen LogP contribution in [0.2, 0.25) is 5.02 Å². The van der Waals surface area contributed by atoms with Crippen molar-refractivity contribution in [1.29, 1.82) is 0 Å². The van der Waals surface area contributed by atoms with Crippen LogP contribution in [-0.2, 0) is 6.54 Å². The summed E-state index contributed by atoms with van der Waals surface area (Å²) < 4.78 is 0. The third kappa shape index (κ3) is 3.53. The number of hydrogen-bond acceptors (Lipinski definition) is 5. The smallest absolute Gasteiger partial charge is 0.270 e. The van der Waals surface area contributed by atoms with Gasteiger partial charge in [0.25, 0.3) is 5.69 Å². The molecule has 1 atom stereocenters. The lowest BCUT2D eigenvalue weighted by atomic mass is 10.1. The van der Waals surface area contributed by atoms with Crippen LogP contribution in [-0.4, -0.2) is 9.91 Å². The second kappa shape index (κ2) is 6.78. The Bertz CT molecular complexity index is 589. The average Bonchev–Trinajstić information content (AvgIpc) is 2.95. The van der Waals surface area contributed by atoms with Gasteiger partial charge in [-0.15, -0.1) is 11.3 Å². The number of nitro groups is 1. The Morgan fingerprint density at radius 3 is 2.90 bits per heavy atom. The van der Waals surface area contributed by atoms with Gasteiger partial charge in [0.05, 0.1) is 16.0 Å². The third-order valence-corrected chi connectivity index (χ3v) is 4.19. The van der Waals surface area contributed by atoms with E-state index in [2.05, 4.69) is 17.2 Å². The van der Waals surface area contributed by atoms with E-state index in [9.17, 15) is 10.1 Å². The summed E-state index contributed by atoms with van der Waals surface area (Å²) in [6.45, 7) is 2.63. The van der Waals surface area contributed by atoms with Crippen molar-refractivity contribution >= 4 is 28.6 Å². The van der Waals surface area contributed by atoms with Crippen molar-refractivity contribution in [2.45, 2.75) is 25.9 Å². The predicted molar refractivity (Wildman–Crippen MR) is 80.1 cm³/mol. The molecule has 2 aromatic rings. The molecule has 1 aromatic carbocycles. The standard InChI is InChI=1S/C13H14ClN3O2S/c1-2-12(13-15-5-6-20-13)16-8-9-3-4-10(17(18)19)7-11(9)14/h3-7,12,16H,2,8H2,1H3. The fourth-order valence-corrected chi connectivity index (χ4v) is 2.88. The molecule has 0 saturated carbocycles. The van der Waals surface area contributed by atoms with Crippen molar-refractivity contribution in [3.63, 3.8) is 0 Å². The molecular formula is C13H14ClN3O2S. The first-order valence-electron chi connectivity index (χ1n) is 6.17. The largest absolute Gasteiger partial charge is 0.304 e. The lowest BCUT2D eigenvalue weighted by Crippen LogP contribution is -2.20. The van der Waals surface area contributed by atoms with E-state index in [0.29, 0.717) is 11.6 Å². The van der Waals surface area contributed by atoms with Gasteiger partial charge < -0.3 is 5.32 Å². The minimum absolute atomic E-state index is 0.00529. The van der Waals surface area contributed by atoms with E-state index in [1.807, 2.05) is 5.38 Å². The van der Waals surface area contributed by atoms with Crippen LogP contribution in [0.25, 0.3) is 0 Å². The fraction of sp³-hybridized carbons (Fsp3) is 0.308. The lowest BCUT2D eigenvalue weighted by Gasteiger charge is -2.15. The molecule has 0 fully saturated rings. The molecule has 0 bridgehead atoms.